The van der Waals surface area contributed by atoms with Crippen LogP contribution in [0.25, 0.3) is 0 Å². The summed E-state index contributed by atoms with van der Waals surface area (Å²) in [5.41, 5.74) is 5.95. The van der Waals surface area contributed by atoms with Gasteiger partial charge in [-0.15, -0.1) is 0 Å². The lowest BCUT2D eigenvalue weighted by Gasteiger charge is -2.18. The molecule has 1 atom stereocenters. The number of hydrogen-bond acceptors (Lipinski definition) is 3. The monoisotopic (exact) mass is 215 g/mol. The fraction of sp³-hybridized carbons (Fsp3) is 0.917. The van der Waals surface area contributed by atoms with Crippen molar-refractivity contribution in [1.29, 1.82) is 0 Å². The fourth-order valence-electron chi connectivity index (χ4n) is 1.14. The average Bonchev–Trinajstić information content (AvgIpc) is 2.09. The minimum atomic E-state index is -0.486. The molecule has 0 aromatic carbocycles. The van der Waals surface area contributed by atoms with Gasteiger partial charge in [-0.3, -0.25) is 4.79 Å². The van der Waals surface area contributed by atoms with Crippen molar-refractivity contribution in [3.8, 4) is 0 Å². The molecule has 0 heterocycles. The standard InChI is InChI=1S/C12H25NO2/c1-9(2)10(13)11(14)15-8-6-7-12(3,4)5/h9-10H,6-8,13H2,1-5H3/t10-/m0/s1. The molecule has 0 fully saturated rings. The first-order chi connectivity index (χ1) is 6.74. The minimum absolute atomic E-state index is 0.139. The molecular weight excluding hydrogens is 190 g/mol. The topological polar surface area (TPSA) is 52.3 Å². The van der Waals surface area contributed by atoms with Crippen molar-refractivity contribution in [2.75, 3.05) is 6.61 Å². The van der Waals surface area contributed by atoms with Gasteiger partial charge < -0.3 is 10.5 Å². The Balaban J connectivity index is 3.65. The van der Waals surface area contributed by atoms with E-state index in [9.17, 15) is 4.79 Å². The summed E-state index contributed by atoms with van der Waals surface area (Å²) in [5.74, 6) is -0.140. The number of carbonyl (C=O) groups is 1. The van der Waals surface area contributed by atoms with Crippen LogP contribution in [0.4, 0.5) is 0 Å². The highest BCUT2D eigenvalue weighted by molar-refractivity contribution is 5.75. The quantitative estimate of drug-likeness (QED) is 0.565. The van der Waals surface area contributed by atoms with E-state index >= 15 is 0 Å². The summed E-state index contributed by atoms with van der Waals surface area (Å²) < 4.78 is 5.10. The molecule has 0 spiro atoms. The van der Waals surface area contributed by atoms with Crippen molar-refractivity contribution in [2.24, 2.45) is 17.1 Å². The van der Waals surface area contributed by atoms with Gasteiger partial charge in [-0.05, 0) is 24.2 Å². The molecular formula is C12H25NO2. The third-order valence-corrected chi connectivity index (χ3v) is 2.31. The largest absolute Gasteiger partial charge is 0.465 e. The molecule has 0 rings (SSSR count). The Labute approximate surface area is 93.4 Å². The summed E-state index contributed by atoms with van der Waals surface area (Å²) in [6, 6.07) is -0.486. The Kier molecular flexibility index (Phi) is 5.88. The first-order valence-corrected chi connectivity index (χ1v) is 5.66. The Hall–Kier alpha value is -0.570. The van der Waals surface area contributed by atoms with E-state index in [2.05, 4.69) is 20.8 Å². The zero-order valence-corrected chi connectivity index (χ0v) is 10.7. The third kappa shape index (κ3) is 7.37. The SMILES string of the molecule is CC(C)[C@H](N)C(=O)OCCCC(C)(C)C. The number of hydrogen-bond donors (Lipinski definition) is 1. The molecule has 0 aliphatic carbocycles. The predicted molar refractivity (Wildman–Crippen MR) is 62.5 cm³/mol. The van der Waals surface area contributed by atoms with Crippen molar-refractivity contribution < 1.29 is 9.53 Å². The van der Waals surface area contributed by atoms with Crippen LogP contribution in [0.3, 0.4) is 0 Å². The van der Waals surface area contributed by atoms with Gasteiger partial charge >= 0.3 is 5.97 Å². The second kappa shape index (κ2) is 6.11. The normalized spacial score (nSPS) is 14.1. The fourth-order valence-corrected chi connectivity index (χ4v) is 1.14. The van der Waals surface area contributed by atoms with E-state index in [-0.39, 0.29) is 11.9 Å². The summed E-state index contributed by atoms with van der Waals surface area (Å²) in [5, 5.41) is 0. The van der Waals surface area contributed by atoms with Crippen molar-refractivity contribution in [3.05, 3.63) is 0 Å². The summed E-state index contributed by atoms with van der Waals surface area (Å²) in [4.78, 5) is 11.4. The lowest BCUT2D eigenvalue weighted by atomic mass is 9.91. The molecule has 0 saturated heterocycles. The highest BCUT2D eigenvalue weighted by Gasteiger charge is 2.18. The molecule has 0 radical (unpaired) electrons. The number of carbonyl (C=O) groups excluding carboxylic acids is 1. The Morgan fingerprint density at radius 1 is 1.33 bits per heavy atom. The van der Waals surface area contributed by atoms with Crippen LogP contribution in [0.5, 0.6) is 0 Å². The van der Waals surface area contributed by atoms with Crippen molar-refractivity contribution in [2.45, 2.75) is 53.5 Å². The molecule has 3 heteroatoms. The van der Waals surface area contributed by atoms with Gasteiger partial charge in [-0.1, -0.05) is 34.6 Å². The van der Waals surface area contributed by atoms with Crippen LogP contribution in [-0.4, -0.2) is 18.6 Å². The van der Waals surface area contributed by atoms with Crippen molar-refractivity contribution in [3.63, 3.8) is 0 Å². The second-order valence-electron chi connectivity index (χ2n) is 5.60. The lowest BCUT2D eigenvalue weighted by Crippen LogP contribution is -2.37. The smallest absolute Gasteiger partial charge is 0.323 e. The van der Waals surface area contributed by atoms with Gasteiger partial charge in [0.1, 0.15) is 6.04 Å². The first-order valence-electron chi connectivity index (χ1n) is 5.66. The molecule has 0 aromatic rings. The minimum Gasteiger partial charge on any atom is -0.465 e. The number of ether oxygens (including phenoxy) is 1. The predicted octanol–water partition coefficient (Wildman–Crippen LogP) is 2.34. The molecule has 0 aliphatic heterocycles. The van der Waals surface area contributed by atoms with E-state index < -0.39 is 6.04 Å². The van der Waals surface area contributed by atoms with Crippen LogP contribution in [0, 0.1) is 11.3 Å². The van der Waals surface area contributed by atoms with E-state index in [0.717, 1.165) is 12.8 Å². The van der Waals surface area contributed by atoms with Gasteiger partial charge in [0.15, 0.2) is 0 Å². The van der Waals surface area contributed by atoms with Crippen molar-refractivity contribution >= 4 is 5.97 Å². The van der Waals surface area contributed by atoms with Crippen LogP contribution in [0.1, 0.15) is 47.5 Å². The van der Waals surface area contributed by atoms with Gasteiger partial charge in [-0.2, -0.15) is 0 Å². The molecule has 0 unspecified atom stereocenters. The Morgan fingerprint density at radius 2 is 1.87 bits per heavy atom. The number of nitrogens with two attached hydrogens (primary N) is 1. The average molecular weight is 215 g/mol. The first kappa shape index (κ1) is 14.4. The molecule has 15 heavy (non-hydrogen) atoms. The maximum absolute atomic E-state index is 11.4. The molecule has 2 N–H and O–H groups in total. The van der Waals surface area contributed by atoms with Crippen molar-refractivity contribution in [1.82, 2.24) is 0 Å². The highest BCUT2D eigenvalue weighted by Crippen LogP contribution is 2.20. The van der Waals surface area contributed by atoms with E-state index in [4.69, 9.17) is 10.5 Å². The molecule has 0 aliphatic rings. The van der Waals surface area contributed by atoms with Crippen LogP contribution in [-0.2, 0) is 9.53 Å². The van der Waals surface area contributed by atoms with Crippen LogP contribution in [0.15, 0.2) is 0 Å². The molecule has 0 saturated carbocycles. The Bertz CT molecular complexity index is 194. The van der Waals surface area contributed by atoms with Crippen LogP contribution in [0.2, 0.25) is 0 Å². The van der Waals surface area contributed by atoms with E-state index in [1.807, 2.05) is 13.8 Å². The maximum Gasteiger partial charge on any atom is 0.323 e. The Morgan fingerprint density at radius 3 is 2.27 bits per heavy atom. The van der Waals surface area contributed by atoms with Gasteiger partial charge in [0, 0.05) is 0 Å². The van der Waals surface area contributed by atoms with E-state index in [1.165, 1.54) is 0 Å². The van der Waals surface area contributed by atoms with Gasteiger partial charge in [-0.25, -0.2) is 0 Å². The van der Waals surface area contributed by atoms with E-state index in [0.29, 0.717) is 12.0 Å². The molecule has 0 aromatic heterocycles. The zero-order chi connectivity index (χ0) is 12.1. The zero-order valence-electron chi connectivity index (χ0n) is 10.7. The lowest BCUT2D eigenvalue weighted by molar-refractivity contribution is -0.146. The van der Waals surface area contributed by atoms with Crippen LogP contribution < -0.4 is 5.73 Å². The molecule has 0 bridgehead atoms. The van der Waals surface area contributed by atoms with Gasteiger partial charge in [0.05, 0.1) is 6.61 Å². The highest BCUT2D eigenvalue weighted by atomic mass is 16.5. The maximum atomic E-state index is 11.4. The summed E-state index contributed by atoms with van der Waals surface area (Å²) >= 11 is 0. The summed E-state index contributed by atoms with van der Waals surface area (Å²) in [6.45, 7) is 10.8. The van der Waals surface area contributed by atoms with Gasteiger partial charge in [0.2, 0.25) is 0 Å². The summed E-state index contributed by atoms with van der Waals surface area (Å²) in [6.07, 6.45) is 1.96. The molecule has 90 valence electrons. The number of rotatable bonds is 5. The van der Waals surface area contributed by atoms with Gasteiger partial charge in [0.25, 0.3) is 0 Å². The second-order valence-corrected chi connectivity index (χ2v) is 5.60. The summed E-state index contributed by atoms with van der Waals surface area (Å²) in [7, 11) is 0. The van der Waals surface area contributed by atoms with E-state index in [1.54, 1.807) is 0 Å². The molecule has 0 amide bonds. The number of esters is 1. The third-order valence-electron chi connectivity index (χ3n) is 2.31. The van der Waals surface area contributed by atoms with Crippen LogP contribution >= 0.6 is 0 Å². The molecule has 3 nitrogen and oxygen atoms in total.